The number of ketones is 1. The number of ether oxygens (including phenoxy) is 2. The second kappa shape index (κ2) is 2.95. The van der Waals surface area contributed by atoms with Crippen molar-refractivity contribution in [2.75, 3.05) is 0 Å². The lowest BCUT2D eigenvalue weighted by Gasteiger charge is -2.46. The first-order valence-electron chi connectivity index (χ1n) is 7.00. The number of rotatable bonds is 0. The van der Waals surface area contributed by atoms with E-state index in [1.165, 1.54) is 0 Å². The fourth-order valence-corrected chi connectivity index (χ4v) is 4.67. The second-order valence-electron chi connectivity index (χ2n) is 6.83. The molecule has 6 atom stereocenters. The highest BCUT2D eigenvalue weighted by Crippen LogP contribution is 2.70. The minimum Gasteiger partial charge on any atom is -0.459 e. The summed E-state index contributed by atoms with van der Waals surface area (Å²) in [5.41, 5.74) is -1.64. The van der Waals surface area contributed by atoms with Crippen LogP contribution in [0.2, 0.25) is 0 Å². The molecule has 1 saturated carbocycles. The standard InChI is InChI=1S/C15H18O4/c1-8-9-4-6-13(2)7-5-10(16)14(3)15(13,19-14)11(9)18-12(8)17/h5,7-9,11H,4,6H2,1-3H3/t8-,9-,11-,13-,14+,15-/m0/s1. The van der Waals surface area contributed by atoms with Crippen molar-refractivity contribution in [2.24, 2.45) is 17.3 Å². The van der Waals surface area contributed by atoms with Crippen LogP contribution >= 0.6 is 0 Å². The summed E-state index contributed by atoms with van der Waals surface area (Å²) in [4.78, 5) is 24.0. The molecular formula is C15H18O4. The van der Waals surface area contributed by atoms with Crippen LogP contribution in [0.4, 0.5) is 0 Å². The number of fused-ring (bicyclic) bond motifs is 1. The third-order valence-corrected chi connectivity index (χ3v) is 6.00. The molecule has 2 saturated heterocycles. The maximum Gasteiger partial charge on any atom is 0.309 e. The molecule has 0 unspecified atom stereocenters. The minimum absolute atomic E-state index is 0.00114. The monoisotopic (exact) mass is 262 g/mol. The lowest BCUT2D eigenvalue weighted by atomic mass is 9.55. The van der Waals surface area contributed by atoms with Crippen LogP contribution in [0.5, 0.6) is 0 Å². The van der Waals surface area contributed by atoms with Crippen molar-refractivity contribution < 1.29 is 19.1 Å². The number of esters is 1. The highest BCUT2D eigenvalue weighted by Gasteiger charge is 2.85. The van der Waals surface area contributed by atoms with Gasteiger partial charge in [-0.1, -0.05) is 19.9 Å². The molecule has 3 fully saturated rings. The molecule has 4 nitrogen and oxygen atoms in total. The summed E-state index contributed by atoms with van der Waals surface area (Å²) < 4.78 is 11.6. The van der Waals surface area contributed by atoms with Crippen LogP contribution in [0.3, 0.4) is 0 Å². The van der Waals surface area contributed by atoms with Crippen LogP contribution in [-0.4, -0.2) is 29.1 Å². The molecule has 0 bridgehead atoms. The van der Waals surface area contributed by atoms with Gasteiger partial charge >= 0.3 is 5.97 Å². The van der Waals surface area contributed by atoms with Gasteiger partial charge in [0.1, 0.15) is 6.10 Å². The molecule has 1 spiro atoms. The van der Waals surface area contributed by atoms with Gasteiger partial charge in [0.2, 0.25) is 0 Å². The van der Waals surface area contributed by atoms with Gasteiger partial charge in [0.05, 0.1) is 5.92 Å². The fourth-order valence-electron chi connectivity index (χ4n) is 4.67. The molecule has 2 aliphatic carbocycles. The molecule has 2 aliphatic heterocycles. The van der Waals surface area contributed by atoms with Crippen molar-refractivity contribution in [2.45, 2.75) is 50.9 Å². The Morgan fingerprint density at radius 2 is 2.05 bits per heavy atom. The second-order valence-corrected chi connectivity index (χ2v) is 6.83. The average molecular weight is 262 g/mol. The Labute approximate surface area is 112 Å². The Hall–Kier alpha value is -1.16. The molecule has 0 aromatic carbocycles. The van der Waals surface area contributed by atoms with Crippen molar-refractivity contribution >= 4 is 11.8 Å². The predicted octanol–water partition coefficient (Wildman–Crippen LogP) is 1.63. The number of hydrogen-bond acceptors (Lipinski definition) is 4. The molecule has 19 heavy (non-hydrogen) atoms. The van der Waals surface area contributed by atoms with E-state index in [4.69, 9.17) is 9.47 Å². The molecule has 0 aromatic rings. The van der Waals surface area contributed by atoms with Crippen molar-refractivity contribution in [3.8, 4) is 0 Å². The molecular weight excluding hydrogens is 244 g/mol. The van der Waals surface area contributed by atoms with Gasteiger partial charge in [-0.15, -0.1) is 0 Å². The quantitative estimate of drug-likeness (QED) is 0.492. The highest BCUT2D eigenvalue weighted by molar-refractivity contribution is 6.02. The molecule has 0 N–H and O–H groups in total. The normalized spacial score (nSPS) is 58.2. The van der Waals surface area contributed by atoms with Gasteiger partial charge in [0.15, 0.2) is 17.0 Å². The van der Waals surface area contributed by atoms with Crippen LogP contribution < -0.4 is 0 Å². The van der Waals surface area contributed by atoms with E-state index in [1.54, 1.807) is 6.08 Å². The van der Waals surface area contributed by atoms with Crippen molar-refractivity contribution in [1.82, 2.24) is 0 Å². The largest absolute Gasteiger partial charge is 0.459 e. The average Bonchev–Trinajstić information content (AvgIpc) is 2.92. The SMILES string of the molecule is C[C@@H]1C(=O)O[C@H]2[C@H]1CC[C@@]1(C)C=CC(=O)[C@@]3(C)O[C@@]213. The Kier molecular flexibility index (Phi) is 1.81. The molecule has 0 amide bonds. The minimum atomic E-state index is -0.801. The van der Waals surface area contributed by atoms with Crippen molar-refractivity contribution in [1.29, 1.82) is 0 Å². The van der Waals surface area contributed by atoms with Crippen molar-refractivity contribution in [3.05, 3.63) is 12.2 Å². The predicted molar refractivity (Wildman–Crippen MR) is 66.2 cm³/mol. The van der Waals surface area contributed by atoms with Gasteiger partial charge in [-0.2, -0.15) is 0 Å². The molecule has 2 heterocycles. The number of hydrogen-bond donors (Lipinski definition) is 0. The first kappa shape index (κ1) is 11.6. The molecule has 0 aromatic heterocycles. The summed E-state index contributed by atoms with van der Waals surface area (Å²) in [6.07, 6.45) is 5.23. The van der Waals surface area contributed by atoms with Crippen LogP contribution in [0.25, 0.3) is 0 Å². The first-order valence-corrected chi connectivity index (χ1v) is 7.00. The van der Waals surface area contributed by atoms with Crippen LogP contribution in [0.1, 0.15) is 33.6 Å². The molecule has 4 heteroatoms. The highest BCUT2D eigenvalue weighted by atomic mass is 16.7. The number of epoxide rings is 1. The summed E-state index contributed by atoms with van der Waals surface area (Å²) >= 11 is 0. The van der Waals surface area contributed by atoms with Crippen LogP contribution in [-0.2, 0) is 19.1 Å². The smallest absolute Gasteiger partial charge is 0.309 e. The summed E-state index contributed by atoms with van der Waals surface area (Å²) in [5, 5.41) is 0. The maximum absolute atomic E-state index is 12.1. The maximum atomic E-state index is 12.1. The molecule has 4 rings (SSSR count). The zero-order valence-electron chi connectivity index (χ0n) is 11.4. The van der Waals surface area contributed by atoms with Gasteiger partial charge in [-0.05, 0) is 25.8 Å². The Morgan fingerprint density at radius 1 is 1.32 bits per heavy atom. The summed E-state index contributed by atoms with van der Waals surface area (Å²) in [6, 6.07) is 0. The molecule has 102 valence electrons. The van der Waals surface area contributed by atoms with Gasteiger partial charge < -0.3 is 9.47 Å². The summed E-state index contributed by atoms with van der Waals surface area (Å²) in [7, 11) is 0. The Balaban J connectivity index is 1.86. The van der Waals surface area contributed by atoms with E-state index < -0.39 is 11.2 Å². The summed E-state index contributed by atoms with van der Waals surface area (Å²) in [5.74, 6) is -0.0465. The summed E-state index contributed by atoms with van der Waals surface area (Å²) in [6.45, 7) is 5.89. The van der Waals surface area contributed by atoms with E-state index in [0.29, 0.717) is 0 Å². The fraction of sp³-hybridized carbons (Fsp3) is 0.733. The zero-order valence-corrected chi connectivity index (χ0v) is 11.4. The van der Waals surface area contributed by atoms with Gasteiger partial charge in [-0.25, -0.2) is 0 Å². The van der Waals surface area contributed by atoms with Crippen molar-refractivity contribution in [3.63, 3.8) is 0 Å². The lowest BCUT2D eigenvalue weighted by molar-refractivity contribution is -0.149. The van der Waals surface area contributed by atoms with E-state index in [9.17, 15) is 9.59 Å². The molecule has 4 aliphatic rings. The third kappa shape index (κ3) is 1.00. The zero-order chi connectivity index (χ0) is 13.6. The van der Waals surface area contributed by atoms with E-state index >= 15 is 0 Å². The van der Waals surface area contributed by atoms with Gasteiger partial charge in [0, 0.05) is 11.3 Å². The van der Waals surface area contributed by atoms with E-state index in [2.05, 4.69) is 6.92 Å². The van der Waals surface area contributed by atoms with Gasteiger partial charge in [-0.3, -0.25) is 9.59 Å². The van der Waals surface area contributed by atoms with Crippen LogP contribution in [0.15, 0.2) is 12.2 Å². The number of carbonyl (C=O) groups excluding carboxylic acids is 2. The molecule has 0 radical (unpaired) electrons. The Bertz CT molecular complexity index is 538. The Morgan fingerprint density at radius 3 is 2.79 bits per heavy atom. The first-order chi connectivity index (χ1) is 8.86. The topological polar surface area (TPSA) is 55.9 Å². The third-order valence-electron chi connectivity index (χ3n) is 6.00. The van der Waals surface area contributed by atoms with E-state index in [0.717, 1.165) is 12.8 Å². The van der Waals surface area contributed by atoms with E-state index in [1.807, 2.05) is 19.9 Å². The number of carbonyl (C=O) groups is 2. The van der Waals surface area contributed by atoms with Crippen LogP contribution in [0, 0.1) is 17.3 Å². The van der Waals surface area contributed by atoms with E-state index in [-0.39, 0.29) is 35.1 Å². The lowest BCUT2D eigenvalue weighted by Crippen LogP contribution is -2.58. The van der Waals surface area contributed by atoms with Gasteiger partial charge in [0.25, 0.3) is 0 Å².